The number of hydrogen-bond donors (Lipinski definition) is 1. The lowest BCUT2D eigenvalue weighted by atomic mass is 9.92. The third kappa shape index (κ3) is 3.54. The number of carboxylic acids is 1. The normalized spacial score (nSPS) is 23.1. The Bertz CT molecular complexity index is 363. The standard InChI is InChI=1S/C13H16O4/c14-13(15)9-17-12-7-6-11(12)16-8-10-4-2-1-3-5-10/h1-5,11-12H,6-9H2,(H,14,15)/t11-,12+/m0/s1. The Morgan fingerprint density at radius 3 is 2.41 bits per heavy atom. The van der Waals surface area contributed by atoms with Gasteiger partial charge < -0.3 is 14.6 Å². The number of ether oxygens (including phenoxy) is 2. The molecule has 1 fully saturated rings. The molecule has 4 heteroatoms. The zero-order valence-corrected chi connectivity index (χ0v) is 9.54. The first-order valence-corrected chi connectivity index (χ1v) is 5.74. The third-order valence-corrected chi connectivity index (χ3v) is 2.88. The van der Waals surface area contributed by atoms with Gasteiger partial charge >= 0.3 is 5.97 Å². The van der Waals surface area contributed by atoms with Crippen molar-refractivity contribution in [2.24, 2.45) is 0 Å². The maximum atomic E-state index is 10.4. The molecule has 2 atom stereocenters. The van der Waals surface area contributed by atoms with Gasteiger partial charge in [-0.05, 0) is 18.4 Å². The van der Waals surface area contributed by atoms with E-state index in [9.17, 15) is 4.79 Å². The summed E-state index contributed by atoms with van der Waals surface area (Å²) in [6, 6.07) is 9.92. The number of rotatable bonds is 6. The Labute approximate surface area is 100 Å². The highest BCUT2D eigenvalue weighted by molar-refractivity contribution is 5.68. The average Bonchev–Trinajstić information content (AvgIpc) is 2.29. The van der Waals surface area contributed by atoms with E-state index in [1.165, 1.54) is 0 Å². The molecule has 0 saturated heterocycles. The van der Waals surface area contributed by atoms with Crippen LogP contribution in [0.25, 0.3) is 0 Å². The van der Waals surface area contributed by atoms with E-state index in [4.69, 9.17) is 14.6 Å². The van der Waals surface area contributed by atoms with Crippen LogP contribution in [0.4, 0.5) is 0 Å². The molecule has 1 aromatic carbocycles. The van der Waals surface area contributed by atoms with Gasteiger partial charge in [0, 0.05) is 0 Å². The first-order valence-electron chi connectivity index (χ1n) is 5.74. The van der Waals surface area contributed by atoms with E-state index < -0.39 is 5.97 Å². The Morgan fingerprint density at radius 1 is 1.18 bits per heavy atom. The molecule has 0 aromatic heterocycles. The number of carboxylic acid groups (broad SMARTS) is 1. The van der Waals surface area contributed by atoms with Crippen molar-refractivity contribution in [1.82, 2.24) is 0 Å². The van der Waals surface area contributed by atoms with Crippen LogP contribution in [0.1, 0.15) is 18.4 Å². The highest BCUT2D eigenvalue weighted by Gasteiger charge is 2.32. The summed E-state index contributed by atoms with van der Waals surface area (Å²) in [6.07, 6.45) is 1.80. The maximum absolute atomic E-state index is 10.4. The summed E-state index contributed by atoms with van der Waals surface area (Å²) in [7, 11) is 0. The molecule has 1 saturated carbocycles. The van der Waals surface area contributed by atoms with Crippen LogP contribution < -0.4 is 0 Å². The van der Waals surface area contributed by atoms with Crippen molar-refractivity contribution in [2.75, 3.05) is 6.61 Å². The molecule has 0 bridgehead atoms. The van der Waals surface area contributed by atoms with Gasteiger partial charge in [-0.2, -0.15) is 0 Å². The average molecular weight is 236 g/mol. The topological polar surface area (TPSA) is 55.8 Å². The molecule has 2 rings (SSSR count). The molecular weight excluding hydrogens is 220 g/mol. The van der Waals surface area contributed by atoms with Crippen molar-refractivity contribution < 1.29 is 19.4 Å². The summed E-state index contributed by atoms with van der Waals surface area (Å²) in [4.78, 5) is 10.4. The van der Waals surface area contributed by atoms with Gasteiger partial charge in [-0.25, -0.2) is 4.79 Å². The Morgan fingerprint density at radius 2 is 1.82 bits per heavy atom. The van der Waals surface area contributed by atoms with Gasteiger partial charge in [0.25, 0.3) is 0 Å². The highest BCUT2D eigenvalue weighted by atomic mass is 16.6. The fraction of sp³-hybridized carbons (Fsp3) is 0.462. The third-order valence-electron chi connectivity index (χ3n) is 2.88. The first kappa shape index (κ1) is 12.1. The van der Waals surface area contributed by atoms with Crippen LogP contribution in [-0.2, 0) is 20.9 Å². The van der Waals surface area contributed by atoms with Crippen molar-refractivity contribution in [1.29, 1.82) is 0 Å². The van der Waals surface area contributed by atoms with Crippen molar-refractivity contribution >= 4 is 5.97 Å². The van der Waals surface area contributed by atoms with Gasteiger partial charge in [0.05, 0.1) is 18.8 Å². The second-order valence-electron chi connectivity index (χ2n) is 4.16. The van der Waals surface area contributed by atoms with Crippen LogP contribution in [0.2, 0.25) is 0 Å². The minimum Gasteiger partial charge on any atom is -0.480 e. The van der Waals surface area contributed by atoms with Crippen LogP contribution in [-0.4, -0.2) is 29.9 Å². The number of hydrogen-bond acceptors (Lipinski definition) is 3. The molecule has 4 nitrogen and oxygen atoms in total. The summed E-state index contributed by atoms with van der Waals surface area (Å²) >= 11 is 0. The Balaban J connectivity index is 1.71. The van der Waals surface area contributed by atoms with Crippen LogP contribution in [0.5, 0.6) is 0 Å². The van der Waals surface area contributed by atoms with Crippen molar-refractivity contribution in [2.45, 2.75) is 31.7 Å². The van der Waals surface area contributed by atoms with Gasteiger partial charge in [-0.1, -0.05) is 30.3 Å². The molecule has 0 spiro atoms. The zero-order valence-electron chi connectivity index (χ0n) is 9.54. The summed E-state index contributed by atoms with van der Waals surface area (Å²) in [5, 5.41) is 8.51. The molecule has 1 aromatic rings. The largest absolute Gasteiger partial charge is 0.480 e. The monoisotopic (exact) mass is 236 g/mol. The van der Waals surface area contributed by atoms with Gasteiger partial charge in [0.2, 0.25) is 0 Å². The second kappa shape index (κ2) is 5.80. The maximum Gasteiger partial charge on any atom is 0.329 e. The highest BCUT2D eigenvalue weighted by Crippen LogP contribution is 2.27. The van der Waals surface area contributed by atoms with Crippen LogP contribution in [0, 0.1) is 0 Å². The molecule has 1 aliphatic carbocycles. The zero-order chi connectivity index (χ0) is 12.1. The van der Waals surface area contributed by atoms with Gasteiger partial charge in [-0.3, -0.25) is 0 Å². The van der Waals surface area contributed by atoms with Crippen molar-refractivity contribution in [3.63, 3.8) is 0 Å². The Hall–Kier alpha value is -1.39. The summed E-state index contributed by atoms with van der Waals surface area (Å²) in [5.74, 6) is -0.932. The molecule has 1 aliphatic rings. The summed E-state index contributed by atoms with van der Waals surface area (Å²) in [6.45, 7) is 0.314. The van der Waals surface area contributed by atoms with Gasteiger partial charge in [0.15, 0.2) is 0 Å². The SMILES string of the molecule is O=C(O)CO[C@@H]1CC[C@@H]1OCc1ccccc1. The molecule has 0 heterocycles. The summed E-state index contributed by atoms with van der Waals surface area (Å²) < 4.78 is 10.9. The molecule has 92 valence electrons. The fourth-order valence-electron chi connectivity index (χ4n) is 1.78. The lowest BCUT2D eigenvalue weighted by Crippen LogP contribution is -2.42. The van der Waals surface area contributed by atoms with Crippen LogP contribution in [0.3, 0.4) is 0 Å². The number of aliphatic carboxylic acids is 1. The lowest BCUT2D eigenvalue weighted by Gasteiger charge is -2.35. The second-order valence-corrected chi connectivity index (χ2v) is 4.16. The number of carbonyl (C=O) groups is 1. The van der Waals surface area contributed by atoms with E-state index in [0.717, 1.165) is 18.4 Å². The summed E-state index contributed by atoms with van der Waals surface area (Å²) in [5.41, 5.74) is 1.12. The molecule has 1 N–H and O–H groups in total. The predicted octanol–water partition coefficient (Wildman–Crippen LogP) is 1.84. The van der Waals surface area contributed by atoms with Crippen LogP contribution in [0.15, 0.2) is 30.3 Å². The Kier molecular flexibility index (Phi) is 4.12. The minimum atomic E-state index is -0.932. The lowest BCUT2D eigenvalue weighted by molar-refractivity contribution is -0.160. The van der Waals surface area contributed by atoms with Gasteiger partial charge in [-0.15, -0.1) is 0 Å². The molecule has 0 aliphatic heterocycles. The van der Waals surface area contributed by atoms with E-state index in [-0.39, 0.29) is 18.8 Å². The molecule has 17 heavy (non-hydrogen) atoms. The van der Waals surface area contributed by atoms with E-state index in [1.54, 1.807) is 0 Å². The predicted molar refractivity (Wildman–Crippen MR) is 61.6 cm³/mol. The molecule has 0 unspecified atom stereocenters. The number of benzene rings is 1. The quantitative estimate of drug-likeness (QED) is 0.818. The smallest absolute Gasteiger partial charge is 0.329 e. The fourth-order valence-corrected chi connectivity index (χ4v) is 1.78. The molecule has 0 radical (unpaired) electrons. The molecule has 0 amide bonds. The van der Waals surface area contributed by atoms with E-state index in [1.807, 2.05) is 30.3 Å². The van der Waals surface area contributed by atoms with E-state index in [0.29, 0.717) is 6.61 Å². The van der Waals surface area contributed by atoms with E-state index >= 15 is 0 Å². The minimum absolute atomic E-state index is 0.0366. The van der Waals surface area contributed by atoms with Crippen molar-refractivity contribution in [3.05, 3.63) is 35.9 Å². The first-order chi connectivity index (χ1) is 8.25. The van der Waals surface area contributed by atoms with E-state index in [2.05, 4.69) is 0 Å². The molecular formula is C13H16O4. The van der Waals surface area contributed by atoms with Gasteiger partial charge in [0.1, 0.15) is 6.61 Å². The van der Waals surface area contributed by atoms with Crippen molar-refractivity contribution in [3.8, 4) is 0 Å². The van der Waals surface area contributed by atoms with Crippen LogP contribution >= 0.6 is 0 Å².